The average molecular weight is 289 g/mol. The van der Waals surface area contributed by atoms with Crippen LogP contribution in [0.1, 0.15) is 6.92 Å². The number of rotatable bonds is 5. The molecular formula is C11H13BrO4. The van der Waals surface area contributed by atoms with Crippen LogP contribution in [0.5, 0.6) is 5.75 Å². The highest BCUT2D eigenvalue weighted by molar-refractivity contribution is 9.10. The van der Waals surface area contributed by atoms with Crippen LogP contribution >= 0.6 is 15.9 Å². The van der Waals surface area contributed by atoms with E-state index in [4.69, 9.17) is 4.74 Å². The number of carbonyl (C=O) groups is 1. The van der Waals surface area contributed by atoms with E-state index in [9.17, 15) is 9.90 Å². The largest absolute Gasteiger partial charge is 0.490 e. The van der Waals surface area contributed by atoms with E-state index in [1.807, 2.05) is 12.1 Å². The first-order chi connectivity index (χ1) is 7.63. The first kappa shape index (κ1) is 13.0. The van der Waals surface area contributed by atoms with Gasteiger partial charge in [-0.1, -0.05) is 15.9 Å². The third kappa shape index (κ3) is 4.20. The summed E-state index contributed by atoms with van der Waals surface area (Å²) in [4.78, 5) is 11.1. The Morgan fingerprint density at radius 1 is 1.44 bits per heavy atom. The quantitative estimate of drug-likeness (QED) is 0.839. The van der Waals surface area contributed by atoms with Crippen molar-refractivity contribution in [2.45, 2.75) is 13.0 Å². The fourth-order valence-electron chi connectivity index (χ4n) is 1.01. The normalized spacial score (nSPS) is 11.9. The van der Waals surface area contributed by atoms with E-state index in [0.29, 0.717) is 5.75 Å². The second-order valence-electron chi connectivity index (χ2n) is 3.03. The molecule has 0 fully saturated rings. The third-order valence-corrected chi connectivity index (χ3v) is 2.31. The van der Waals surface area contributed by atoms with Crippen LogP contribution < -0.4 is 4.74 Å². The smallest absolute Gasteiger partial charge is 0.338 e. The van der Waals surface area contributed by atoms with Crippen LogP contribution in [0.4, 0.5) is 0 Å². The van der Waals surface area contributed by atoms with Crippen LogP contribution in [-0.4, -0.2) is 30.4 Å². The second kappa shape index (κ2) is 6.50. The highest BCUT2D eigenvalue weighted by Crippen LogP contribution is 2.16. The number of halogens is 1. The van der Waals surface area contributed by atoms with E-state index in [2.05, 4.69) is 20.7 Å². The van der Waals surface area contributed by atoms with Gasteiger partial charge in [-0.05, 0) is 31.2 Å². The van der Waals surface area contributed by atoms with Crippen molar-refractivity contribution in [3.8, 4) is 5.75 Å². The van der Waals surface area contributed by atoms with Crippen molar-refractivity contribution in [1.82, 2.24) is 0 Å². The first-order valence-corrected chi connectivity index (χ1v) is 5.66. The minimum Gasteiger partial charge on any atom is -0.490 e. The topological polar surface area (TPSA) is 55.8 Å². The molecule has 0 aliphatic carbocycles. The molecule has 4 nitrogen and oxygen atoms in total. The van der Waals surface area contributed by atoms with Crippen LogP contribution in [0.15, 0.2) is 28.7 Å². The van der Waals surface area contributed by atoms with Crippen LogP contribution in [0.25, 0.3) is 0 Å². The lowest BCUT2D eigenvalue weighted by Gasteiger charge is -2.11. The summed E-state index contributed by atoms with van der Waals surface area (Å²) in [6.07, 6.45) is -1.25. The Kier molecular flexibility index (Phi) is 5.28. The molecule has 0 spiro atoms. The molecule has 0 radical (unpaired) electrons. The van der Waals surface area contributed by atoms with Gasteiger partial charge in [-0.3, -0.25) is 0 Å². The maximum absolute atomic E-state index is 11.1. The van der Waals surface area contributed by atoms with Crippen molar-refractivity contribution in [2.24, 2.45) is 0 Å². The zero-order chi connectivity index (χ0) is 12.0. The number of aliphatic hydroxyl groups excluding tert-OH is 1. The van der Waals surface area contributed by atoms with Gasteiger partial charge in [-0.15, -0.1) is 0 Å². The van der Waals surface area contributed by atoms with Crippen LogP contribution in [0.3, 0.4) is 0 Å². The van der Waals surface area contributed by atoms with E-state index in [1.165, 1.54) is 0 Å². The fraction of sp³-hybridized carbons (Fsp3) is 0.364. The molecule has 5 heteroatoms. The molecular weight excluding hydrogens is 276 g/mol. The van der Waals surface area contributed by atoms with Gasteiger partial charge in [0.15, 0.2) is 6.10 Å². The molecule has 0 amide bonds. The molecule has 88 valence electrons. The van der Waals surface area contributed by atoms with Crippen molar-refractivity contribution in [3.05, 3.63) is 28.7 Å². The monoisotopic (exact) mass is 288 g/mol. The SMILES string of the molecule is CCOC(=O)C(O)COc1ccc(Br)cc1. The number of esters is 1. The summed E-state index contributed by atoms with van der Waals surface area (Å²) in [6.45, 7) is 1.81. The van der Waals surface area contributed by atoms with Crippen LogP contribution in [0, 0.1) is 0 Å². The van der Waals surface area contributed by atoms with Gasteiger partial charge >= 0.3 is 5.97 Å². The molecule has 1 unspecified atom stereocenters. The van der Waals surface area contributed by atoms with Gasteiger partial charge in [-0.2, -0.15) is 0 Å². The van der Waals surface area contributed by atoms with Crippen molar-refractivity contribution >= 4 is 21.9 Å². The maximum Gasteiger partial charge on any atom is 0.338 e. The minimum atomic E-state index is -1.25. The van der Waals surface area contributed by atoms with Crippen molar-refractivity contribution in [1.29, 1.82) is 0 Å². The van der Waals surface area contributed by atoms with Gasteiger partial charge in [0.05, 0.1) is 6.61 Å². The van der Waals surface area contributed by atoms with Gasteiger partial charge < -0.3 is 14.6 Å². The van der Waals surface area contributed by atoms with E-state index < -0.39 is 12.1 Å². The summed E-state index contributed by atoms with van der Waals surface area (Å²) in [5.41, 5.74) is 0. The number of hydrogen-bond donors (Lipinski definition) is 1. The predicted molar refractivity (Wildman–Crippen MR) is 62.3 cm³/mol. The zero-order valence-electron chi connectivity index (χ0n) is 8.85. The Morgan fingerprint density at radius 3 is 2.62 bits per heavy atom. The van der Waals surface area contributed by atoms with E-state index in [1.54, 1.807) is 19.1 Å². The second-order valence-corrected chi connectivity index (χ2v) is 3.95. The van der Waals surface area contributed by atoms with Gasteiger partial charge in [0.1, 0.15) is 12.4 Å². The van der Waals surface area contributed by atoms with Gasteiger partial charge in [0.2, 0.25) is 0 Å². The van der Waals surface area contributed by atoms with Crippen LogP contribution in [0.2, 0.25) is 0 Å². The summed E-state index contributed by atoms with van der Waals surface area (Å²) in [5, 5.41) is 9.36. The Bertz CT molecular complexity index is 336. The number of aliphatic hydroxyl groups is 1. The standard InChI is InChI=1S/C11H13BrO4/c1-2-15-11(14)10(13)7-16-9-5-3-8(12)4-6-9/h3-6,10,13H,2,7H2,1H3. The van der Waals surface area contributed by atoms with Gasteiger partial charge in [0, 0.05) is 4.47 Å². The lowest BCUT2D eigenvalue weighted by Crippen LogP contribution is -2.29. The number of carbonyl (C=O) groups excluding carboxylic acids is 1. The fourth-order valence-corrected chi connectivity index (χ4v) is 1.28. The summed E-state index contributed by atoms with van der Waals surface area (Å²) >= 11 is 3.29. The third-order valence-electron chi connectivity index (χ3n) is 1.78. The van der Waals surface area contributed by atoms with E-state index in [-0.39, 0.29) is 13.2 Å². The van der Waals surface area contributed by atoms with Gasteiger partial charge in [-0.25, -0.2) is 4.79 Å². The molecule has 0 bridgehead atoms. The lowest BCUT2D eigenvalue weighted by molar-refractivity contribution is -0.154. The molecule has 1 N–H and O–H groups in total. The highest BCUT2D eigenvalue weighted by atomic mass is 79.9. The number of hydrogen-bond acceptors (Lipinski definition) is 4. The summed E-state index contributed by atoms with van der Waals surface area (Å²) in [7, 11) is 0. The molecule has 0 saturated heterocycles. The Morgan fingerprint density at radius 2 is 2.06 bits per heavy atom. The molecule has 1 aromatic rings. The molecule has 0 aliphatic heterocycles. The van der Waals surface area contributed by atoms with Crippen LogP contribution in [-0.2, 0) is 9.53 Å². The van der Waals surface area contributed by atoms with Crippen molar-refractivity contribution in [3.63, 3.8) is 0 Å². The zero-order valence-corrected chi connectivity index (χ0v) is 10.4. The van der Waals surface area contributed by atoms with E-state index in [0.717, 1.165) is 4.47 Å². The molecule has 0 heterocycles. The molecule has 16 heavy (non-hydrogen) atoms. The summed E-state index contributed by atoms with van der Waals surface area (Å²) in [5.74, 6) is -0.0776. The molecule has 1 rings (SSSR count). The molecule has 1 aromatic carbocycles. The molecule has 0 saturated carbocycles. The molecule has 1 atom stereocenters. The Labute approximate surface area is 102 Å². The molecule has 0 aliphatic rings. The highest BCUT2D eigenvalue weighted by Gasteiger charge is 2.16. The number of ether oxygens (including phenoxy) is 2. The van der Waals surface area contributed by atoms with E-state index >= 15 is 0 Å². The van der Waals surface area contributed by atoms with Crippen molar-refractivity contribution in [2.75, 3.05) is 13.2 Å². The Hall–Kier alpha value is -1.07. The predicted octanol–water partition coefficient (Wildman–Crippen LogP) is 1.75. The minimum absolute atomic E-state index is 0.111. The summed E-state index contributed by atoms with van der Waals surface area (Å²) < 4.78 is 10.8. The Balaban J connectivity index is 2.39. The number of benzene rings is 1. The van der Waals surface area contributed by atoms with Gasteiger partial charge in [0.25, 0.3) is 0 Å². The molecule has 0 aromatic heterocycles. The first-order valence-electron chi connectivity index (χ1n) is 4.86. The van der Waals surface area contributed by atoms with Crippen molar-refractivity contribution < 1.29 is 19.4 Å². The maximum atomic E-state index is 11.1. The average Bonchev–Trinajstić information content (AvgIpc) is 2.28. The summed E-state index contributed by atoms with van der Waals surface area (Å²) in [6, 6.07) is 7.10. The lowest BCUT2D eigenvalue weighted by atomic mass is 10.3.